The standard InChI is InChI=1S/C14H14/c1-3-7-13(8-4-1)11-12-14-9-5-2-6-10-14/h1,3-5,7-12H,2,6H2/b12-11-. The van der Waals surface area contributed by atoms with Crippen molar-refractivity contribution in [2.45, 2.75) is 12.8 Å². The molecule has 1 aromatic carbocycles. The monoisotopic (exact) mass is 182 g/mol. The van der Waals surface area contributed by atoms with Crippen molar-refractivity contribution in [3.05, 3.63) is 65.8 Å². The highest BCUT2D eigenvalue weighted by molar-refractivity contribution is 5.54. The first-order valence-electron chi connectivity index (χ1n) is 5.05. The Balaban J connectivity index is 2.07. The fourth-order valence-corrected chi connectivity index (χ4v) is 1.51. The molecule has 0 heteroatoms. The minimum Gasteiger partial charge on any atom is -0.0836 e. The highest BCUT2D eigenvalue weighted by atomic mass is 14.0. The second kappa shape index (κ2) is 4.61. The van der Waals surface area contributed by atoms with Gasteiger partial charge in [-0.1, -0.05) is 60.7 Å². The van der Waals surface area contributed by atoms with Gasteiger partial charge in [0.25, 0.3) is 0 Å². The SMILES string of the molecule is C1=CC(/C=C\c2ccccc2)=CCC1. The van der Waals surface area contributed by atoms with Gasteiger partial charge in [0.1, 0.15) is 0 Å². The Kier molecular flexibility index (Phi) is 2.97. The molecule has 0 spiro atoms. The molecular formula is C14H14. The van der Waals surface area contributed by atoms with E-state index < -0.39 is 0 Å². The van der Waals surface area contributed by atoms with Crippen LogP contribution in [0, 0.1) is 0 Å². The molecule has 0 fully saturated rings. The summed E-state index contributed by atoms with van der Waals surface area (Å²) in [6.07, 6.45) is 13.4. The van der Waals surface area contributed by atoms with Crippen LogP contribution in [0.25, 0.3) is 6.08 Å². The van der Waals surface area contributed by atoms with Crippen LogP contribution in [0.3, 0.4) is 0 Å². The zero-order chi connectivity index (χ0) is 9.64. The van der Waals surface area contributed by atoms with Gasteiger partial charge >= 0.3 is 0 Å². The predicted octanol–water partition coefficient (Wildman–Crippen LogP) is 3.98. The Bertz CT molecular complexity index is 366. The van der Waals surface area contributed by atoms with Crippen LogP contribution in [0.2, 0.25) is 0 Å². The van der Waals surface area contributed by atoms with Gasteiger partial charge in [0.15, 0.2) is 0 Å². The normalized spacial score (nSPS) is 15.9. The molecule has 0 radical (unpaired) electrons. The highest BCUT2D eigenvalue weighted by Crippen LogP contribution is 2.12. The van der Waals surface area contributed by atoms with Crippen LogP contribution in [0.1, 0.15) is 18.4 Å². The summed E-state index contributed by atoms with van der Waals surface area (Å²) in [6.45, 7) is 0. The summed E-state index contributed by atoms with van der Waals surface area (Å²) in [7, 11) is 0. The van der Waals surface area contributed by atoms with Crippen LogP contribution in [0.4, 0.5) is 0 Å². The van der Waals surface area contributed by atoms with Gasteiger partial charge in [0, 0.05) is 0 Å². The van der Waals surface area contributed by atoms with E-state index in [1.165, 1.54) is 24.0 Å². The van der Waals surface area contributed by atoms with E-state index >= 15 is 0 Å². The Morgan fingerprint density at radius 1 is 0.929 bits per heavy atom. The maximum atomic E-state index is 2.28. The van der Waals surface area contributed by atoms with E-state index in [0.29, 0.717) is 0 Å². The van der Waals surface area contributed by atoms with Gasteiger partial charge in [0.2, 0.25) is 0 Å². The second-order valence-electron chi connectivity index (χ2n) is 3.43. The summed E-state index contributed by atoms with van der Waals surface area (Å²) in [5.74, 6) is 0. The zero-order valence-electron chi connectivity index (χ0n) is 8.19. The summed E-state index contributed by atoms with van der Waals surface area (Å²) in [4.78, 5) is 0. The van der Waals surface area contributed by atoms with Crippen LogP contribution in [-0.4, -0.2) is 0 Å². The Morgan fingerprint density at radius 3 is 2.50 bits per heavy atom. The molecule has 0 heterocycles. The lowest BCUT2D eigenvalue weighted by Gasteiger charge is -2.00. The maximum absolute atomic E-state index is 2.28. The minimum absolute atomic E-state index is 1.17. The van der Waals surface area contributed by atoms with Crippen molar-refractivity contribution in [3.8, 4) is 0 Å². The first-order chi connectivity index (χ1) is 6.95. The van der Waals surface area contributed by atoms with E-state index in [0.717, 1.165) is 0 Å². The molecule has 0 atom stereocenters. The van der Waals surface area contributed by atoms with Crippen molar-refractivity contribution in [3.63, 3.8) is 0 Å². The third-order valence-electron chi connectivity index (χ3n) is 2.29. The smallest absolute Gasteiger partial charge is 0.0256 e. The fraction of sp³-hybridized carbons (Fsp3) is 0.143. The third-order valence-corrected chi connectivity index (χ3v) is 2.29. The van der Waals surface area contributed by atoms with Gasteiger partial charge < -0.3 is 0 Å². The number of benzene rings is 1. The molecule has 0 saturated carbocycles. The van der Waals surface area contributed by atoms with Gasteiger partial charge in [-0.15, -0.1) is 0 Å². The summed E-state index contributed by atoms with van der Waals surface area (Å²) in [5, 5.41) is 0. The maximum Gasteiger partial charge on any atom is -0.0256 e. The quantitative estimate of drug-likeness (QED) is 0.649. The fourth-order valence-electron chi connectivity index (χ4n) is 1.51. The first kappa shape index (κ1) is 9.01. The molecule has 1 aromatic rings. The van der Waals surface area contributed by atoms with Crippen LogP contribution in [0.15, 0.2) is 60.2 Å². The first-order valence-corrected chi connectivity index (χ1v) is 5.05. The summed E-state index contributed by atoms with van der Waals surface area (Å²) >= 11 is 0. The molecule has 0 aromatic heterocycles. The molecule has 70 valence electrons. The van der Waals surface area contributed by atoms with Crippen molar-refractivity contribution < 1.29 is 0 Å². The molecule has 1 aliphatic rings. The summed E-state index contributed by atoms with van der Waals surface area (Å²) in [5.41, 5.74) is 2.58. The van der Waals surface area contributed by atoms with Crippen molar-refractivity contribution >= 4 is 6.08 Å². The molecule has 0 amide bonds. The van der Waals surface area contributed by atoms with Crippen LogP contribution < -0.4 is 0 Å². The molecule has 0 N–H and O–H groups in total. The van der Waals surface area contributed by atoms with Crippen LogP contribution in [-0.2, 0) is 0 Å². The van der Waals surface area contributed by atoms with Crippen LogP contribution >= 0.6 is 0 Å². The molecular weight excluding hydrogens is 168 g/mol. The third kappa shape index (κ3) is 2.46. The van der Waals surface area contributed by atoms with E-state index in [4.69, 9.17) is 0 Å². The number of hydrogen-bond donors (Lipinski definition) is 0. The Morgan fingerprint density at radius 2 is 1.79 bits per heavy atom. The molecule has 2 rings (SSSR count). The highest BCUT2D eigenvalue weighted by Gasteiger charge is 1.91. The molecule has 14 heavy (non-hydrogen) atoms. The molecule has 0 unspecified atom stereocenters. The average Bonchev–Trinajstić information content (AvgIpc) is 2.29. The second-order valence-corrected chi connectivity index (χ2v) is 3.43. The molecule has 0 bridgehead atoms. The largest absolute Gasteiger partial charge is 0.0836 e. The van der Waals surface area contributed by atoms with Gasteiger partial charge in [-0.3, -0.25) is 0 Å². The van der Waals surface area contributed by atoms with E-state index in [1.54, 1.807) is 0 Å². The lowest BCUT2D eigenvalue weighted by atomic mass is 10.1. The zero-order valence-corrected chi connectivity index (χ0v) is 8.19. The average molecular weight is 182 g/mol. The Labute approximate surface area is 85.3 Å². The minimum atomic E-state index is 1.17. The number of rotatable bonds is 2. The van der Waals surface area contributed by atoms with Gasteiger partial charge in [0.05, 0.1) is 0 Å². The number of hydrogen-bond acceptors (Lipinski definition) is 0. The van der Waals surface area contributed by atoms with Gasteiger partial charge in [-0.25, -0.2) is 0 Å². The van der Waals surface area contributed by atoms with Crippen LogP contribution in [0.5, 0.6) is 0 Å². The van der Waals surface area contributed by atoms with Gasteiger partial charge in [-0.05, 0) is 24.0 Å². The van der Waals surface area contributed by atoms with E-state index in [9.17, 15) is 0 Å². The molecule has 0 aliphatic heterocycles. The Hall–Kier alpha value is -1.56. The van der Waals surface area contributed by atoms with Crippen molar-refractivity contribution in [2.24, 2.45) is 0 Å². The van der Waals surface area contributed by atoms with E-state index in [2.05, 4.69) is 54.6 Å². The lowest BCUT2D eigenvalue weighted by Crippen LogP contribution is -1.79. The predicted molar refractivity (Wildman–Crippen MR) is 61.9 cm³/mol. The van der Waals surface area contributed by atoms with Crippen molar-refractivity contribution in [1.82, 2.24) is 0 Å². The van der Waals surface area contributed by atoms with E-state index in [1.807, 2.05) is 6.07 Å². The van der Waals surface area contributed by atoms with Gasteiger partial charge in [-0.2, -0.15) is 0 Å². The topological polar surface area (TPSA) is 0 Å². The molecule has 0 nitrogen and oxygen atoms in total. The number of allylic oxidation sites excluding steroid dienone is 5. The lowest BCUT2D eigenvalue weighted by molar-refractivity contribution is 1.03. The summed E-state index contributed by atoms with van der Waals surface area (Å²) < 4.78 is 0. The molecule has 1 aliphatic carbocycles. The van der Waals surface area contributed by atoms with E-state index in [-0.39, 0.29) is 0 Å². The summed E-state index contributed by atoms with van der Waals surface area (Å²) in [6, 6.07) is 10.4. The van der Waals surface area contributed by atoms with Crippen molar-refractivity contribution in [2.75, 3.05) is 0 Å². The molecule has 0 saturated heterocycles. The van der Waals surface area contributed by atoms with Crippen molar-refractivity contribution in [1.29, 1.82) is 0 Å².